The fourth-order valence-corrected chi connectivity index (χ4v) is 1.37. The van der Waals surface area contributed by atoms with Crippen LogP contribution in [0.25, 0.3) is 0 Å². The van der Waals surface area contributed by atoms with E-state index in [1.54, 1.807) is 0 Å². The number of hydrogen-bond donors (Lipinski definition) is 0. The lowest BCUT2D eigenvalue weighted by Gasteiger charge is -2.08. The van der Waals surface area contributed by atoms with Crippen molar-refractivity contribution in [3.63, 3.8) is 0 Å². The smallest absolute Gasteiger partial charge is 0.310 e. The predicted molar refractivity (Wildman–Crippen MR) is 61.5 cm³/mol. The Morgan fingerprint density at radius 1 is 1.59 bits per heavy atom. The number of methoxy groups -OCH3 is 1. The lowest BCUT2D eigenvalue weighted by molar-refractivity contribution is -0.139. The summed E-state index contributed by atoms with van der Waals surface area (Å²) in [6.07, 6.45) is 4.84. The Kier molecular flexibility index (Phi) is 4.80. The van der Waals surface area contributed by atoms with Gasteiger partial charge in [-0.05, 0) is 12.1 Å². The number of ether oxygens (including phenoxy) is 2. The highest BCUT2D eigenvalue weighted by Crippen LogP contribution is 2.28. The molecule has 0 aliphatic rings. The minimum atomic E-state index is -0.589. The van der Waals surface area contributed by atoms with E-state index in [9.17, 15) is 9.18 Å². The number of terminal acetylenes is 1. The second-order valence-electron chi connectivity index (χ2n) is 3.12. The van der Waals surface area contributed by atoms with Crippen LogP contribution in [-0.4, -0.2) is 19.7 Å². The maximum atomic E-state index is 13.5. The molecule has 0 amide bonds. The molecule has 0 spiro atoms. The van der Waals surface area contributed by atoms with Gasteiger partial charge in [0, 0.05) is 5.56 Å². The third-order valence-corrected chi connectivity index (χ3v) is 2.27. The summed E-state index contributed by atoms with van der Waals surface area (Å²) in [7, 11) is 1.23. The van der Waals surface area contributed by atoms with Gasteiger partial charge >= 0.3 is 5.97 Å². The van der Waals surface area contributed by atoms with Crippen molar-refractivity contribution >= 4 is 17.6 Å². The molecule has 1 rings (SSSR count). The Labute approximate surface area is 103 Å². The van der Waals surface area contributed by atoms with Crippen molar-refractivity contribution in [2.24, 2.45) is 0 Å². The van der Waals surface area contributed by atoms with E-state index in [4.69, 9.17) is 22.8 Å². The second-order valence-corrected chi connectivity index (χ2v) is 3.53. The molecule has 0 aromatic heterocycles. The van der Waals surface area contributed by atoms with Crippen molar-refractivity contribution in [1.29, 1.82) is 0 Å². The third-order valence-electron chi connectivity index (χ3n) is 1.97. The first-order valence-corrected chi connectivity index (χ1v) is 5.07. The molecule has 0 unspecified atom stereocenters. The highest BCUT2D eigenvalue weighted by atomic mass is 35.5. The fraction of sp³-hybridized carbons (Fsp3) is 0.250. The molecule has 0 heterocycles. The van der Waals surface area contributed by atoms with Crippen LogP contribution in [0, 0.1) is 18.2 Å². The van der Waals surface area contributed by atoms with Crippen molar-refractivity contribution in [2.45, 2.75) is 6.42 Å². The number of carbonyl (C=O) groups is 1. The van der Waals surface area contributed by atoms with Gasteiger partial charge in [-0.25, -0.2) is 4.39 Å². The van der Waals surface area contributed by atoms with E-state index in [0.29, 0.717) is 0 Å². The van der Waals surface area contributed by atoms with Gasteiger partial charge in [0.1, 0.15) is 18.2 Å². The van der Waals surface area contributed by atoms with Gasteiger partial charge in [-0.3, -0.25) is 4.79 Å². The summed E-state index contributed by atoms with van der Waals surface area (Å²) in [5, 5.41) is 0.103. The molecule has 0 saturated heterocycles. The second kappa shape index (κ2) is 6.12. The van der Waals surface area contributed by atoms with Crippen LogP contribution in [0.4, 0.5) is 4.39 Å². The summed E-state index contributed by atoms with van der Waals surface area (Å²) in [5.41, 5.74) is 0.147. The number of rotatable bonds is 4. The average molecular weight is 257 g/mol. The van der Waals surface area contributed by atoms with Crippen LogP contribution in [0.3, 0.4) is 0 Å². The quantitative estimate of drug-likeness (QED) is 0.612. The molecule has 0 aliphatic heterocycles. The Bertz CT molecular complexity index is 466. The number of carbonyl (C=O) groups excluding carboxylic acids is 1. The van der Waals surface area contributed by atoms with E-state index in [0.717, 1.165) is 6.07 Å². The molecular weight excluding hydrogens is 247 g/mol. The molecule has 0 fully saturated rings. The van der Waals surface area contributed by atoms with Crippen molar-refractivity contribution in [3.8, 4) is 18.1 Å². The molecule has 90 valence electrons. The summed E-state index contributed by atoms with van der Waals surface area (Å²) in [5.74, 6) is 1.37. The van der Waals surface area contributed by atoms with Gasteiger partial charge in [-0.15, -0.1) is 6.42 Å². The lowest BCUT2D eigenvalue weighted by Crippen LogP contribution is -2.07. The maximum absolute atomic E-state index is 13.5. The summed E-state index contributed by atoms with van der Waals surface area (Å²) in [6.45, 7) is 0.0169. The lowest BCUT2D eigenvalue weighted by atomic mass is 10.1. The van der Waals surface area contributed by atoms with Crippen molar-refractivity contribution < 1.29 is 18.7 Å². The molecule has 0 bridgehead atoms. The highest BCUT2D eigenvalue weighted by molar-refractivity contribution is 6.32. The Morgan fingerprint density at radius 3 is 2.88 bits per heavy atom. The van der Waals surface area contributed by atoms with E-state index in [2.05, 4.69) is 10.7 Å². The summed E-state index contributed by atoms with van der Waals surface area (Å²) in [6, 6.07) is 2.41. The standard InChI is InChI=1S/C12H10ClFO3/c1-3-4-17-11-5-8(6-12(15)16-2)10(14)7-9(11)13/h1,5,7H,4,6H2,2H3. The van der Waals surface area contributed by atoms with E-state index >= 15 is 0 Å². The number of benzene rings is 1. The van der Waals surface area contributed by atoms with Crippen LogP contribution in [0.5, 0.6) is 5.75 Å². The molecule has 3 nitrogen and oxygen atoms in total. The molecular formula is C12H10ClFO3. The average Bonchev–Trinajstić information content (AvgIpc) is 2.30. The minimum Gasteiger partial charge on any atom is -0.479 e. The highest BCUT2D eigenvalue weighted by Gasteiger charge is 2.13. The minimum absolute atomic E-state index is 0.0169. The van der Waals surface area contributed by atoms with Gasteiger partial charge in [-0.2, -0.15) is 0 Å². The first-order valence-electron chi connectivity index (χ1n) is 4.69. The zero-order chi connectivity index (χ0) is 12.8. The Morgan fingerprint density at radius 2 is 2.29 bits per heavy atom. The van der Waals surface area contributed by atoms with Gasteiger partial charge in [-0.1, -0.05) is 17.5 Å². The van der Waals surface area contributed by atoms with E-state index in [1.165, 1.54) is 13.2 Å². The zero-order valence-corrected chi connectivity index (χ0v) is 9.88. The molecule has 17 heavy (non-hydrogen) atoms. The van der Waals surface area contributed by atoms with Crippen LogP contribution >= 0.6 is 11.6 Å². The fourth-order valence-electron chi connectivity index (χ4n) is 1.16. The van der Waals surface area contributed by atoms with Gasteiger partial charge in [0.15, 0.2) is 0 Å². The topological polar surface area (TPSA) is 35.5 Å². The molecule has 0 radical (unpaired) electrons. The Balaban J connectivity index is 2.97. The monoisotopic (exact) mass is 256 g/mol. The first kappa shape index (κ1) is 13.3. The van der Waals surface area contributed by atoms with Crippen molar-refractivity contribution in [3.05, 3.63) is 28.5 Å². The molecule has 0 aliphatic carbocycles. The van der Waals surface area contributed by atoms with Crippen LogP contribution in [0.1, 0.15) is 5.56 Å². The summed E-state index contributed by atoms with van der Waals surface area (Å²) < 4.78 is 23.0. The number of halogens is 2. The zero-order valence-electron chi connectivity index (χ0n) is 9.13. The SMILES string of the molecule is C#CCOc1cc(CC(=O)OC)c(F)cc1Cl. The first-order chi connectivity index (χ1) is 8.08. The van der Waals surface area contributed by atoms with Gasteiger partial charge in [0.2, 0.25) is 0 Å². The van der Waals surface area contributed by atoms with Crippen LogP contribution in [0.15, 0.2) is 12.1 Å². The molecule has 0 saturated carbocycles. The van der Waals surface area contributed by atoms with Gasteiger partial charge < -0.3 is 9.47 Å². The molecule has 0 N–H and O–H groups in total. The van der Waals surface area contributed by atoms with Crippen molar-refractivity contribution in [2.75, 3.05) is 13.7 Å². The molecule has 1 aromatic rings. The van der Waals surface area contributed by atoms with Crippen LogP contribution in [-0.2, 0) is 16.0 Å². The predicted octanol–water partition coefficient (Wildman–Crippen LogP) is 2.21. The normalized spacial score (nSPS) is 9.53. The van der Waals surface area contributed by atoms with Crippen LogP contribution in [0.2, 0.25) is 5.02 Å². The maximum Gasteiger partial charge on any atom is 0.310 e. The van der Waals surface area contributed by atoms with Gasteiger partial charge in [0.25, 0.3) is 0 Å². The van der Waals surface area contributed by atoms with E-state index in [-0.39, 0.29) is 29.4 Å². The van der Waals surface area contributed by atoms with Crippen molar-refractivity contribution in [1.82, 2.24) is 0 Å². The molecule has 5 heteroatoms. The molecule has 0 atom stereocenters. The van der Waals surface area contributed by atoms with E-state index < -0.39 is 11.8 Å². The Hall–Kier alpha value is -1.73. The third kappa shape index (κ3) is 3.65. The number of hydrogen-bond acceptors (Lipinski definition) is 3. The summed E-state index contributed by atoms with van der Waals surface area (Å²) in [4.78, 5) is 11.0. The largest absolute Gasteiger partial charge is 0.479 e. The van der Waals surface area contributed by atoms with E-state index in [1.807, 2.05) is 0 Å². The van der Waals surface area contributed by atoms with Gasteiger partial charge in [0.05, 0.1) is 18.6 Å². The summed E-state index contributed by atoms with van der Waals surface area (Å²) >= 11 is 5.76. The van der Waals surface area contributed by atoms with Crippen LogP contribution < -0.4 is 4.74 Å². The molecule has 1 aromatic carbocycles. The number of esters is 1.